The van der Waals surface area contributed by atoms with Gasteiger partial charge in [-0.2, -0.15) is 0 Å². The van der Waals surface area contributed by atoms with E-state index >= 15 is 0 Å². The third-order valence-corrected chi connectivity index (χ3v) is 2.69. The SMILES string of the molecule is Cc1ncc(C(=O)c2cn(C)cn2)s1. The summed E-state index contributed by atoms with van der Waals surface area (Å²) in [7, 11) is 1.84. The number of aromatic nitrogens is 3. The Kier molecular flexibility index (Phi) is 2.17. The lowest BCUT2D eigenvalue weighted by molar-refractivity contribution is 0.103. The molecule has 0 aliphatic carbocycles. The second-order valence-corrected chi connectivity index (χ2v) is 4.23. The maximum atomic E-state index is 11.8. The van der Waals surface area contributed by atoms with Gasteiger partial charge in [0.1, 0.15) is 5.69 Å². The lowest BCUT2D eigenvalue weighted by atomic mass is 10.3. The van der Waals surface area contributed by atoms with Crippen molar-refractivity contribution in [3.05, 3.63) is 34.3 Å². The number of hydrogen-bond donors (Lipinski definition) is 0. The number of carbonyl (C=O) groups excluding carboxylic acids is 1. The van der Waals surface area contributed by atoms with Crippen molar-refractivity contribution < 1.29 is 4.79 Å². The Bertz CT molecular complexity index is 430. The van der Waals surface area contributed by atoms with Gasteiger partial charge in [-0.3, -0.25) is 4.79 Å². The fourth-order valence-corrected chi connectivity index (χ4v) is 1.85. The molecular weight excluding hydrogens is 198 g/mol. The summed E-state index contributed by atoms with van der Waals surface area (Å²) in [5.74, 6) is -0.0591. The first-order valence-electron chi connectivity index (χ1n) is 4.12. The van der Waals surface area contributed by atoms with Gasteiger partial charge in [0, 0.05) is 19.4 Å². The molecule has 0 bridgehead atoms. The average molecular weight is 207 g/mol. The number of ketones is 1. The zero-order valence-corrected chi connectivity index (χ0v) is 8.71. The first-order chi connectivity index (χ1) is 6.66. The molecule has 0 aromatic carbocycles. The van der Waals surface area contributed by atoms with Crippen molar-refractivity contribution in [1.29, 1.82) is 0 Å². The molecule has 0 fully saturated rings. The largest absolute Gasteiger partial charge is 0.340 e. The Morgan fingerprint density at radius 2 is 2.29 bits per heavy atom. The molecule has 0 unspecified atom stereocenters. The maximum absolute atomic E-state index is 11.8. The Labute approximate surface area is 85.2 Å². The fraction of sp³-hybridized carbons (Fsp3) is 0.222. The van der Waals surface area contributed by atoms with Gasteiger partial charge in [0.05, 0.1) is 16.2 Å². The third-order valence-electron chi connectivity index (χ3n) is 1.78. The molecule has 0 saturated carbocycles. The van der Waals surface area contributed by atoms with Gasteiger partial charge in [0.2, 0.25) is 5.78 Å². The molecule has 2 heterocycles. The van der Waals surface area contributed by atoms with Crippen molar-refractivity contribution in [2.75, 3.05) is 0 Å². The molecule has 0 saturated heterocycles. The molecule has 0 aliphatic heterocycles. The van der Waals surface area contributed by atoms with E-state index in [2.05, 4.69) is 9.97 Å². The van der Waals surface area contributed by atoms with Gasteiger partial charge in [0.25, 0.3) is 0 Å². The van der Waals surface area contributed by atoms with Crippen LogP contribution in [0, 0.1) is 6.92 Å². The summed E-state index contributed by atoms with van der Waals surface area (Å²) in [4.78, 5) is 20.4. The summed E-state index contributed by atoms with van der Waals surface area (Å²) < 4.78 is 1.75. The minimum absolute atomic E-state index is 0.0591. The highest BCUT2D eigenvalue weighted by atomic mass is 32.1. The number of rotatable bonds is 2. The lowest BCUT2D eigenvalue weighted by Gasteiger charge is -1.89. The predicted molar refractivity (Wildman–Crippen MR) is 53.5 cm³/mol. The van der Waals surface area contributed by atoms with E-state index in [-0.39, 0.29) is 5.78 Å². The van der Waals surface area contributed by atoms with E-state index in [0.717, 1.165) is 5.01 Å². The normalized spacial score (nSPS) is 10.4. The van der Waals surface area contributed by atoms with Gasteiger partial charge in [-0.1, -0.05) is 0 Å². The van der Waals surface area contributed by atoms with Crippen LogP contribution in [0.4, 0.5) is 0 Å². The van der Waals surface area contributed by atoms with Crippen LogP contribution in [0.15, 0.2) is 18.7 Å². The zero-order valence-electron chi connectivity index (χ0n) is 7.89. The van der Waals surface area contributed by atoms with Crippen molar-refractivity contribution in [1.82, 2.24) is 14.5 Å². The van der Waals surface area contributed by atoms with Crippen LogP contribution >= 0.6 is 11.3 Å². The Hall–Kier alpha value is -1.49. The molecule has 0 spiro atoms. The molecule has 0 aliphatic rings. The highest BCUT2D eigenvalue weighted by molar-refractivity contribution is 7.13. The molecule has 2 aromatic heterocycles. The highest BCUT2D eigenvalue weighted by Crippen LogP contribution is 2.15. The van der Waals surface area contributed by atoms with Crippen LogP contribution in [0.5, 0.6) is 0 Å². The van der Waals surface area contributed by atoms with E-state index in [1.807, 2.05) is 14.0 Å². The smallest absolute Gasteiger partial charge is 0.224 e. The molecule has 0 amide bonds. The topological polar surface area (TPSA) is 47.8 Å². The number of nitrogens with zero attached hydrogens (tertiary/aromatic N) is 3. The summed E-state index contributed by atoms with van der Waals surface area (Å²) in [6.45, 7) is 1.87. The Morgan fingerprint density at radius 3 is 2.79 bits per heavy atom. The summed E-state index contributed by atoms with van der Waals surface area (Å²) in [6.07, 6.45) is 4.91. The van der Waals surface area contributed by atoms with Crippen molar-refractivity contribution in [2.45, 2.75) is 6.92 Å². The summed E-state index contributed by atoms with van der Waals surface area (Å²) in [5, 5.41) is 0.893. The molecule has 4 nitrogen and oxygen atoms in total. The van der Waals surface area contributed by atoms with Crippen molar-refractivity contribution >= 4 is 17.1 Å². The van der Waals surface area contributed by atoms with Crippen LogP contribution in [-0.2, 0) is 7.05 Å². The molecular formula is C9H9N3OS. The predicted octanol–water partition coefficient (Wildman–Crippen LogP) is 1.42. The van der Waals surface area contributed by atoms with E-state index < -0.39 is 0 Å². The minimum Gasteiger partial charge on any atom is -0.340 e. The average Bonchev–Trinajstić information content (AvgIpc) is 2.73. The van der Waals surface area contributed by atoms with Crippen LogP contribution in [0.1, 0.15) is 20.4 Å². The van der Waals surface area contributed by atoms with Gasteiger partial charge in [-0.25, -0.2) is 9.97 Å². The van der Waals surface area contributed by atoms with Gasteiger partial charge < -0.3 is 4.57 Å². The first kappa shape index (κ1) is 9.08. The van der Waals surface area contributed by atoms with Gasteiger partial charge >= 0.3 is 0 Å². The molecule has 5 heteroatoms. The molecule has 2 aromatic rings. The van der Waals surface area contributed by atoms with Crippen molar-refractivity contribution in [3.8, 4) is 0 Å². The van der Waals surface area contributed by atoms with E-state index in [0.29, 0.717) is 10.6 Å². The maximum Gasteiger partial charge on any atom is 0.224 e. The molecule has 0 atom stereocenters. The van der Waals surface area contributed by atoms with Crippen LogP contribution in [-0.4, -0.2) is 20.3 Å². The second kappa shape index (κ2) is 3.34. The van der Waals surface area contributed by atoms with Gasteiger partial charge in [0.15, 0.2) is 0 Å². The van der Waals surface area contributed by atoms with E-state index in [4.69, 9.17) is 0 Å². The number of imidazole rings is 1. The van der Waals surface area contributed by atoms with Crippen LogP contribution in [0.3, 0.4) is 0 Å². The standard InChI is InChI=1S/C9H9N3OS/c1-6-10-3-8(14-6)9(13)7-4-12(2)5-11-7/h3-5H,1-2H3. The lowest BCUT2D eigenvalue weighted by Crippen LogP contribution is -1.98. The van der Waals surface area contributed by atoms with E-state index in [1.54, 1.807) is 23.3 Å². The van der Waals surface area contributed by atoms with E-state index in [1.165, 1.54) is 11.3 Å². The fourth-order valence-electron chi connectivity index (χ4n) is 1.12. The third kappa shape index (κ3) is 1.58. The Morgan fingerprint density at radius 1 is 1.50 bits per heavy atom. The second-order valence-electron chi connectivity index (χ2n) is 3.00. The van der Waals surface area contributed by atoms with Crippen molar-refractivity contribution in [2.24, 2.45) is 7.05 Å². The molecule has 0 radical (unpaired) electrons. The zero-order chi connectivity index (χ0) is 10.1. The van der Waals surface area contributed by atoms with Gasteiger partial charge in [-0.05, 0) is 6.92 Å². The summed E-state index contributed by atoms with van der Waals surface area (Å²) in [6, 6.07) is 0. The number of hydrogen-bond acceptors (Lipinski definition) is 4. The Balaban J connectivity index is 2.33. The number of carbonyl (C=O) groups is 1. The minimum atomic E-state index is -0.0591. The van der Waals surface area contributed by atoms with Crippen LogP contribution < -0.4 is 0 Å². The molecule has 14 heavy (non-hydrogen) atoms. The van der Waals surface area contributed by atoms with Crippen LogP contribution in [0.2, 0.25) is 0 Å². The van der Waals surface area contributed by atoms with Gasteiger partial charge in [-0.15, -0.1) is 11.3 Å². The number of aryl methyl sites for hydroxylation is 2. The van der Waals surface area contributed by atoms with E-state index in [9.17, 15) is 4.79 Å². The first-order valence-corrected chi connectivity index (χ1v) is 4.93. The van der Waals surface area contributed by atoms with Crippen LogP contribution in [0.25, 0.3) is 0 Å². The quantitative estimate of drug-likeness (QED) is 0.700. The molecule has 72 valence electrons. The number of thiazole rings is 1. The monoisotopic (exact) mass is 207 g/mol. The highest BCUT2D eigenvalue weighted by Gasteiger charge is 2.13. The molecule has 2 rings (SSSR count). The summed E-state index contributed by atoms with van der Waals surface area (Å²) >= 11 is 1.39. The summed E-state index contributed by atoms with van der Waals surface area (Å²) in [5.41, 5.74) is 0.469. The van der Waals surface area contributed by atoms with Crippen molar-refractivity contribution in [3.63, 3.8) is 0 Å². The molecule has 0 N–H and O–H groups in total.